The third-order valence-electron chi connectivity index (χ3n) is 5.52. The van der Waals surface area contributed by atoms with E-state index in [-0.39, 0.29) is 11.4 Å². The molecule has 0 bridgehead atoms. The molecule has 2 aromatic heterocycles. The van der Waals surface area contributed by atoms with Gasteiger partial charge >= 0.3 is 0 Å². The molecule has 0 atom stereocenters. The van der Waals surface area contributed by atoms with Gasteiger partial charge < -0.3 is 20.2 Å². The fourth-order valence-electron chi connectivity index (χ4n) is 3.97. The summed E-state index contributed by atoms with van der Waals surface area (Å²) < 4.78 is 14.6. The summed E-state index contributed by atoms with van der Waals surface area (Å²) in [4.78, 5) is 25.5. The summed E-state index contributed by atoms with van der Waals surface area (Å²) >= 11 is 0. The van der Waals surface area contributed by atoms with Gasteiger partial charge in [-0.3, -0.25) is 4.79 Å². The molecule has 4 aromatic rings. The minimum absolute atomic E-state index is 0.258. The van der Waals surface area contributed by atoms with Gasteiger partial charge in [0.05, 0.1) is 27.8 Å². The van der Waals surface area contributed by atoms with E-state index in [9.17, 15) is 9.18 Å². The van der Waals surface area contributed by atoms with Crippen molar-refractivity contribution in [1.82, 2.24) is 19.9 Å². The lowest BCUT2D eigenvalue weighted by Gasteiger charge is -2.16. The van der Waals surface area contributed by atoms with Crippen molar-refractivity contribution >= 4 is 27.6 Å². The van der Waals surface area contributed by atoms with Gasteiger partial charge in [-0.25, -0.2) is 9.37 Å². The normalized spacial score (nSPS) is 14.8. The number of imidazole rings is 1. The lowest BCUT2D eigenvalue weighted by Crippen LogP contribution is -2.26. The number of aromatic amines is 2. The van der Waals surface area contributed by atoms with Crippen LogP contribution in [0.4, 0.5) is 10.1 Å². The fraction of sp³-hybridized carbons (Fsp3) is 0.273. The molecule has 1 aliphatic rings. The summed E-state index contributed by atoms with van der Waals surface area (Å²) in [5, 5.41) is 3.79. The van der Waals surface area contributed by atoms with Gasteiger partial charge in [0.1, 0.15) is 11.6 Å². The van der Waals surface area contributed by atoms with E-state index in [2.05, 4.69) is 25.2 Å². The monoisotopic (exact) mass is 391 g/mol. The van der Waals surface area contributed by atoms with Crippen LogP contribution in [-0.2, 0) is 0 Å². The molecule has 1 fully saturated rings. The van der Waals surface area contributed by atoms with Crippen molar-refractivity contribution in [3.05, 3.63) is 58.6 Å². The number of rotatable bonds is 5. The molecule has 2 aromatic carbocycles. The predicted octanol–water partition coefficient (Wildman–Crippen LogP) is 3.72. The lowest BCUT2D eigenvalue weighted by atomic mass is 10.1. The number of benzene rings is 2. The van der Waals surface area contributed by atoms with E-state index in [0.29, 0.717) is 34.5 Å². The van der Waals surface area contributed by atoms with Crippen LogP contribution in [-0.4, -0.2) is 46.0 Å². The molecule has 5 rings (SSSR count). The fourth-order valence-corrected chi connectivity index (χ4v) is 3.97. The highest BCUT2D eigenvalue weighted by Crippen LogP contribution is 2.24. The molecule has 0 spiro atoms. The van der Waals surface area contributed by atoms with Gasteiger partial charge in [0.2, 0.25) is 0 Å². The van der Waals surface area contributed by atoms with Crippen LogP contribution in [0.2, 0.25) is 0 Å². The summed E-state index contributed by atoms with van der Waals surface area (Å²) in [5.41, 5.74) is 2.77. The van der Waals surface area contributed by atoms with Crippen molar-refractivity contribution in [2.24, 2.45) is 0 Å². The highest BCUT2D eigenvalue weighted by molar-refractivity contribution is 5.87. The van der Waals surface area contributed by atoms with Crippen LogP contribution in [0.5, 0.6) is 0 Å². The maximum atomic E-state index is 14.6. The Balaban J connectivity index is 1.44. The Labute approximate surface area is 166 Å². The third kappa shape index (κ3) is 3.49. The minimum atomic E-state index is -0.332. The highest BCUT2D eigenvalue weighted by atomic mass is 19.1. The number of anilines is 1. The summed E-state index contributed by atoms with van der Waals surface area (Å²) in [5.74, 6) is 0.143. The molecular weight excluding hydrogens is 369 g/mol. The molecular formula is C22H22FN5O. The zero-order valence-corrected chi connectivity index (χ0v) is 16.0. The molecule has 148 valence electrons. The number of nitrogens with zero attached hydrogens (tertiary/aromatic N) is 2. The molecule has 0 saturated carbocycles. The highest BCUT2D eigenvalue weighted by Gasteiger charge is 2.14. The van der Waals surface area contributed by atoms with Crippen molar-refractivity contribution in [3.8, 4) is 11.4 Å². The van der Waals surface area contributed by atoms with E-state index in [1.54, 1.807) is 12.1 Å². The quantitative estimate of drug-likeness (QED) is 0.485. The number of nitrogens with one attached hydrogen (secondary N) is 3. The standard InChI is InChI=1S/C22H22FN5O/c23-16-12-14-11-15(21-25-17-5-1-2-6-18(17)26-21)22(29)27-19(14)13-20(16)24-7-10-28-8-3-4-9-28/h1-2,5-6,11-13,24H,3-4,7-10H2,(H,25,26)(H,27,29). The van der Waals surface area contributed by atoms with Gasteiger partial charge in [0.15, 0.2) is 0 Å². The van der Waals surface area contributed by atoms with Crippen LogP contribution in [0.15, 0.2) is 47.3 Å². The van der Waals surface area contributed by atoms with Crippen molar-refractivity contribution in [2.75, 3.05) is 31.5 Å². The van der Waals surface area contributed by atoms with Crippen LogP contribution in [0.3, 0.4) is 0 Å². The number of para-hydroxylation sites is 2. The molecule has 1 aliphatic heterocycles. The maximum absolute atomic E-state index is 14.6. The first kappa shape index (κ1) is 17.9. The van der Waals surface area contributed by atoms with Gasteiger partial charge in [-0.05, 0) is 56.3 Å². The Morgan fingerprint density at radius 2 is 1.90 bits per heavy atom. The van der Waals surface area contributed by atoms with E-state index in [1.165, 1.54) is 18.9 Å². The lowest BCUT2D eigenvalue weighted by molar-refractivity contribution is 0.352. The number of fused-ring (bicyclic) bond motifs is 2. The number of aromatic nitrogens is 3. The molecule has 0 aliphatic carbocycles. The van der Waals surface area contributed by atoms with Crippen LogP contribution in [0.1, 0.15) is 12.8 Å². The predicted molar refractivity (Wildman–Crippen MR) is 114 cm³/mol. The first-order chi connectivity index (χ1) is 14.2. The Kier molecular flexibility index (Phi) is 4.52. The average Bonchev–Trinajstić information content (AvgIpc) is 3.37. The van der Waals surface area contributed by atoms with E-state index >= 15 is 0 Å². The number of hydrogen-bond acceptors (Lipinski definition) is 4. The van der Waals surface area contributed by atoms with Crippen LogP contribution in [0.25, 0.3) is 33.3 Å². The topological polar surface area (TPSA) is 76.8 Å². The van der Waals surface area contributed by atoms with Crippen LogP contribution < -0.4 is 10.9 Å². The largest absolute Gasteiger partial charge is 0.381 e. The summed E-state index contributed by atoms with van der Waals surface area (Å²) in [7, 11) is 0. The van der Waals surface area contributed by atoms with E-state index in [4.69, 9.17) is 0 Å². The Hall–Kier alpha value is -3.19. The van der Waals surface area contributed by atoms with Crippen LogP contribution >= 0.6 is 0 Å². The second-order valence-electron chi connectivity index (χ2n) is 7.51. The molecule has 7 heteroatoms. The number of H-pyrrole nitrogens is 2. The number of hydrogen-bond donors (Lipinski definition) is 3. The number of halogens is 1. The first-order valence-corrected chi connectivity index (χ1v) is 9.95. The molecule has 1 saturated heterocycles. The van der Waals surface area contributed by atoms with Gasteiger partial charge in [0, 0.05) is 18.5 Å². The SMILES string of the molecule is O=c1[nH]c2cc(NCCN3CCCC3)c(F)cc2cc1-c1nc2ccccc2[nH]1. The summed E-state index contributed by atoms with van der Waals surface area (Å²) in [6, 6.07) is 12.4. The zero-order valence-electron chi connectivity index (χ0n) is 16.0. The molecule has 0 unspecified atom stereocenters. The second kappa shape index (κ2) is 7.33. The van der Waals surface area contributed by atoms with Crippen LogP contribution in [0, 0.1) is 5.82 Å². The third-order valence-corrected chi connectivity index (χ3v) is 5.52. The van der Waals surface area contributed by atoms with Gasteiger partial charge in [0.25, 0.3) is 5.56 Å². The van der Waals surface area contributed by atoms with E-state index in [0.717, 1.165) is 30.7 Å². The first-order valence-electron chi connectivity index (χ1n) is 9.95. The molecule has 29 heavy (non-hydrogen) atoms. The number of likely N-dealkylation sites (tertiary alicyclic amines) is 1. The second-order valence-corrected chi connectivity index (χ2v) is 7.51. The number of pyridine rings is 1. The Bertz CT molecular complexity index is 1210. The Morgan fingerprint density at radius 3 is 2.72 bits per heavy atom. The minimum Gasteiger partial charge on any atom is -0.381 e. The van der Waals surface area contributed by atoms with Crippen molar-refractivity contribution in [1.29, 1.82) is 0 Å². The maximum Gasteiger partial charge on any atom is 0.259 e. The Morgan fingerprint density at radius 1 is 1.07 bits per heavy atom. The summed E-state index contributed by atoms with van der Waals surface area (Å²) in [6.45, 7) is 3.78. The molecule has 3 heterocycles. The van der Waals surface area contributed by atoms with Crippen molar-refractivity contribution < 1.29 is 4.39 Å². The smallest absolute Gasteiger partial charge is 0.259 e. The van der Waals surface area contributed by atoms with Gasteiger partial charge in [-0.15, -0.1) is 0 Å². The van der Waals surface area contributed by atoms with E-state index in [1.807, 2.05) is 24.3 Å². The molecule has 3 N–H and O–H groups in total. The summed E-state index contributed by atoms with van der Waals surface area (Å²) in [6.07, 6.45) is 2.47. The zero-order chi connectivity index (χ0) is 19.8. The average molecular weight is 391 g/mol. The van der Waals surface area contributed by atoms with E-state index < -0.39 is 0 Å². The molecule has 0 amide bonds. The van der Waals surface area contributed by atoms with Crippen molar-refractivity contribution in [3.63, 3.8) is 0 Å². The van der Waals surface area contributed by atoms with Gasteiger partial charge in [-0.2, -0.15) is 0 Å². The van der Waals surface area contributed by atoms with Gasteiger partial charge in [-0.1, -0.05) is 12.1 Å². The van der Waals surface area contributed by atoms with Crippen molar-refractivity contribution in [2.45, 2.75) is 12.8 Å². The molecule has 0 radical (unpaired) electrons. The molecule has 6 nitrogen and oxygen atoms in total.